The molecule has 0 radical (unpaired) electrons. The van der Waals surface area contributed by atoms with Crippen LogP contribution in [0, 0.1) is 5.82 Å². The van der Waals surface area contributed by atoms with E-state index in [2.05, 4.69) is 21.2 Å². The minimum atomic E-state index is -0.605. The van der Waals surface area contributed by atoms with Crippen molar-refractivity contribution >= 4 is 44.4 Å². The van der Waals surface area contributed by atoms with Gasteiger partial charge in [0.15, 0.2) is 6.61 Å². The molecule has 1 aliphatic rings. The predicted molar refractivity (Wildman–Crippen MR) is 111 cm³/mol. The number of nitrogens with zero attached hydrogens (tertiary/aromatic N) is 1. The normalized spacial score (nSPS) is 13.0. The molecule has 0 fully saturated rings. The summed E-state index contributed by atoms with van der Waals surface area (Å²) >= 11 is 3.16. The average molecular weight is 457 g/mol. The van der Waals surface area contributed by atoms with Gasteiger partial charge in [-0.05, 0) is 55.5 Å². The highest BCUT2D eigenvalue weighted by Crippen LogP contribution is 2.29. The fourth-order valence-corrected chi connectivity index (χ4v) is 3.92. The maximum Gasteiger partial charge on any atom is 0.339 e. The van der Waals surface area contributed by atoms with Crippen molar-refractivity contribution in [3.05, 3.63) is 69.6 Å². The number of anilines is 1. The highest BCUT2D eigenvalue weighted by molar-refractivity contribution is 9.10. The summed E-state index contributed by atoms with van der Waals surface area (Å²) in [7, 11) is 0. The number of benzene rings is 2. The minimum absolute atomic E-state index is 0.0287. The number of aryl methyl sites for hydroxylation is 1. The first-order valence-corrected chi connectivity index (χ1v) is 10.1. The zero-order chi connectivity index (χ0) is 20.4. The molecule has 1 heterocycles. The number of ether oxygens (including phenoxy) is 1. The Morgan fingerprint density at radius 1 is 1.14 bits per heavy atom. The number of fused-ring (bicyclic) bond motifs is 2. The quantitative estimate of drug-likeness (QED) is 0.571. The molecule has 0 bridgehead atoms. The van der Waals surface area contributed by atoms with E-state index in [0.29, 0.717) is 10.0 Å². The van der Waals surface area contributed by atoms with E-state index in [9.17, 15) is 14.0 Å². The summed E-state index contributed by atoms with van der Waals surface area (Å²) in [5.74, 6) is -1.74. The zero-order valence-electron chi connectivity index (χ0n) is 15.5. The molecule has 2 aromatic carbocycles. The molecule has 0 aliphatic heterocycles. The Kier molecular flexibility index (Phi) is 5.58. The number of halogens is 2. The molecule has 0 unspecified atom stereocenters. The number of carbonyl (C=O) groups is 2. The molecule has 1 aromatic heterocycles. The van der Waals surface area contributed by atoms with Crippen LogP contribution in [0.25, 0.3) is 10.9 Å². The topological polar surface area (TPSA) is 68.3 Å². The van der Waals surface area contributed by atoms with Crippen LogP contribution in [0.1, 0.15) is 34.5 Å². The molecule has 3 aromatic rings. The van der Waals surface area contributed by atoms with Gasteiger partial charge in [0.2, 0.25) is 0 Å². The van der Waals surface area contributed by atoms with Gasteiger partial charge < -0.3 is 10.1 Å². The first-order valence-electron chi connectivity index (χ1n) is 9.35. The Morgan fingerprint density at radius 3 is 2.76 bits per heavy atom. The summed E-state index contributed by atoms with van der Waals surface area (Å²) in [5.41, 5.74) is 3.07. The third-order valence-corrected chi connectivity index (χ3v) is 5.41. The van der Waals surface area contributed by atoms with Gasteiger partial charge in [-0.2, -0.15) is 0 Å². The number of amides is 1. The monoisotopic (exact) mass is 456 g/mol. The Morgan fingerprint density at radius 2 is 1.93 bits per heavy atom. The van der Waals surface area contributed by atoms with E-state index in [1.807, 2.05) is 24.3 Å². The first kappa shape index (κ1) is 19.5. The van der Waals surface area contributed by atoms with Crippen LogP contribution in [-0.2, 0) is 22.4 Å². The lowest BCUT2D eigenvalue weighted by Crippen LogP contribution is -2.23. The first-order chi connectivity index (χ1) is 14.0. The molecule has 0 spiro atoms. The lowest BCUT2D eigenvalue weighted by molar-refractivity contribution is -0.119. The number of para-hydroxylation sites is 1. The number of rotatable bonds is 4. The third-order valence-electron chi connectivity index (χ3n) is 4.91. The van der Waals surface area contributed by atoms with E-state index >= 15 is 0 Å². The highest BCUT2D eigenvalue weighted by Gasteiger charge is 2.24. The molecule has 1 amide bonds. The van der Waals surface area contributed by atoms with Crippen molar-refractivity contribution in [2.45, 2.75) is 25.7 Å². The van der Waals surface area contributed by atoms with Gasteiger partial charge in [0.05, 0.1) is 16.8 Å². The van der Waals surface area contributed by atoms with Gasteiger partial charge in [0.1, 0.15) is 5.82 Å². The van der Waals surface area contributed by atoms with Gasteiger partial charge in [-0.1, -0.05) is 34.1 Å². The van der Waals surface area contributed by atoms with Crippen molar-refractivity contribution < 1.29 is 18.7 Å². The Balaban J connectivity index is 1.54. The van der Waals surface area contributed by atoms with Crippen LogP contribution < -0.4 is 5.32 Å². The average Bonchev–Trinajstić information content (AvgIpc) is 2.72. The van der Waals surface area contributed by atoms with Crippen LogP contribution in [0.15, 0.2) is 46.9 Å². The number of nitrogens with one attached hydrogen (secondary N) is 1. The lowest BCUT2D eigenvalue weighted by atomic mass is 9.90. The van der Waals surface area contributed by atoms with Crippen LogP contribution in [0.4, 0.5) is 10.1 Å². The molecule has 7 heteroatoms. The summed E-state index contributed by atoms with van der Waals surface area (Å²) < 4.78 is 19.7. The number of carbonyl (C=O) groups excluding carboxylic acids is 2. The molecular formula is C22H18BrFN2O3. The molecule has 29 heavy (non-hydrogen) atoms. The second-order valence-electron chi connectivity index (χ2n) is 6.88. The number of hydrogen-bond acceptors (Lipinski definition) is 4. The smallest absolute Gasteiger partial charge is 0.339 e. The maximum absolute atomic E-state index is 13.9. The van der Waals surface area contributed by atoms with E-state index in [1.54, 1.807) is 6.07 Å². The lowest BCUT2D eigenvalue weighted by Gasteiger charge is -2.19. The zero-order valence-corrected chi connectivity index (χ0v) is 17.1. The molecule has 0 atom stereocenters. The molecular weight excluding hydrogens is 439 g/mol. The second kappa shape index (κ2) is 8.29. The third kappa shape index (κ3) is 4.15. The van der Waals surface area contributed by atoms with Crippen LogP contribution in [-0.4, -0.2) is 23.5 Å². The molecule has 4 rings (SSSR count). The molecule has 0 saturated heterocycles. The van der Waals surface area contributed by atoms with Gasteiger partial charge in [0, 0.05) is 15.6 Å². The van der Waals surface area contributed by atoms with Crippen molar-refractivity contribution in [1.29, 1.82) is 0 Å². The van der Waals surface area contributed by atoms with Gasteiger partial charge in [-0.15, -0.1) is 0 Å². The van der Waals surface area contributed by atoms with Crippen molar-refractivity contribution in [2.24, 2.45) is 0 Å². The van der Waals surface area contributed by atoms with E-state index in [0.717, 1.165) is 47.8 Å². The standard InChI is InChI=1S/C22H18BrFN2O3/c23-13-9-10-19(16(24)11-13)26-20(27)12-29-22(28)21-14-5-1-3-7-17(14)25-18-8-4-2-6-15(18)21/h1,3,5,7,9-11H,2,4,6,8,12H2,(H,26,27). The van der Waals surface area contributed by atoms with Crippen LogP contribution in [0.3, 0.4) is 0 Å². The number of esters is 1. The summed E-state index contributed by atoms with van der Waals surface area (Å²) in [6, 6.07) is 11.7. The maximum atomic E-state index is 13.9. The van der Waals surface area contributed by atoms with Crippen molar-refractivity contribution in [1.82, 2.24) is 4.98 Å². The second-order valence-corrected chi connectivity index (χ2v) is 7.80. The van der Waals surface area contributed by atoms with Crippen LogP contribution in [0.5, 0.6) is 0 Å². The summed E-state index contributed by atoms with van der Waals surface area (Å²) in [6.45, 7) is -0.500. The SMILES string of the molecule is O=C(COC(=O)c1c2c(nc3ccccc13)CCCC2)Nc1ccc(Br)cc1F. The molecule has 5 nitrogen and oxygen atoms in total. The van der Waals surface area contributed by atoms with Gasteiger partial charge in [-0.25, -0.2) is 9.18 Å². The number of hydrogen-bond donors (Lipinski definition) is 1. The molecule has 0 saturated carbocycles. The largest absolute Gasteiger partial charge is 0.452 e. The summed E-state index contributed by atoms with van der Waals surface area (Å²) in [6.07, 6.45) is 3.60. The number of aromatic nitrogens is 1. The van der Waals surface area contributed by atoms with E-state index < -0.39 is 24.3 Å². The fourth-order valence-electron chi connectivity index (χ4n) is 3.59. The summed E-state index contributed by atoms with van der Waals surface area (Å²) in [5, 5.41) is 3.14. The van der Waals surface area contributed by atoms with E-state index in [1.165, 1.54) is 12.1 Å². The summed E-state index contributed by atoms with van der Waals surface area (Å²) in [4.78, 5) is 29.7. The van der Waals surface area contributed by atoms with Gasteiger partial charge in [0.25, 0.3) is 5.91 Å². The van der Waals surface area contributed by atoms with Crippen LogP contribution in [0.2, 0.25) is 0 Å². The molecule has 1 N–H and O–H groups in total. The fraction of sp³-hybridized carbons (Fsp3) is 0.227. The van der Waals surface area contributed by atoms with Gasteiger partial charge in [-0.3, -0.25) is 9.78 Å². The van der Waals surface area contributed by atoms with Crippen molar-refractivity contribution in [3.8, 4) is 0 Å². The Hall–Kier alpha value is -2.80. The van der Waals surface area contributed by atoms with E-state index in [-0.39, 0.29) is 5.69 Å². The number of pyridine rings is 1. The van der Waals surface area contributed by atoms with Crippen LogP contribution >= 0.6 is 15.9 Å². The van der Waals surface area contributed by atoms with Crippen molar-refractivity contribution in [3.63, 3.8) is 0 Å². The van der Waals surface area contributed by atoms with Crippen molar-refractivity contribution in [2.75, 3.05) is 11.9 Å². The highest BCUT2D eigenvalue weighted by atomic mass is 79.9. The predicted octanol–water partition coefficient (Wildman–Crippen LogP) is 4.81. The minimum Gasteiger partial charge on any atom is -0.452 e. The van der Waals surface area contributed by atoms with Gasteiger partial charge >= 0.3 is 5.97 Å². The van der Waals surface area contributed by atoms with E-state index in [4.69, 9.17) is 9.72 Å². The molecule has 148 valence electrons. The molecule has 1 aliphatic carbocycles. The Bertz CT molecular complexity index is 1120. The Labute approximate surface area is 175 Å².